The summed E-state index contributed by atoms with van der Waals surface area (Å²) < 4.78 is 10.7. The van der Waals surface area contributed by atoms with Crippen molar-refractivity contribution in [3.63, 3.8) is 0 Å². The number of nitrogens with zero attached hydrogens (tertiary/aromatic N) is 4. The molecule has 1 atom stereocenters. The highest BCUT2D eigenvalue weighted by Gasteiger charge is 2.28. The number of piperidine rings is 1. The van der Waals surface area contributed by atoms with Gasteiger partial charge in [-0.15, -0.1) is 5.10 Å². The molecule has 0 saturated carbocycles. The van der Waals surface area contributed by atoms with Crippen molar-refractivity contribution in [1.29, 1.82) is 0 Å². The molecule has 1 amide bonds. The third kappa shape index (κ3) is 3.50. The second kappa shape index (κ2) is 6.65. The van der Waals surface area contributed by atoms with Crippen molar-refractivity contribution in [2.75, 3.05) is 13.1 Å². The minimum atomic E-state index is -0.672. The second-order valence-corrected chi connectivity index (χ2v) is 5.54. The second-order valence-electron chi connectivity index (χ2n) is 5.54. The lowest BCUT2D eigenvalue weighted by atomic mass is 10.1. The highest BCUT2D eigenvalue weighted by atomic mass is 16.6. The molecule has 1 unspecified atom stereocenters. The van der Waals surface area contributed by atoms with Gasteiger partial charge in [0.2, 0.25) is 5.88 Å². The molecule has 126 valence electrons. The normalized spacial score (nSPS) is 17.5. The molecule has 3 rings (SSSR count). The molecule has 24 heavy (non-hydrogen) atoms. The highest BCUT2D eigenvalue weighted by molar-refractivity contribution is 5.91. The number of hydrogen-bond acceptors (Lipinski definition) is 7. The molecule has 2 aromatic rings. The molecular formula is C15H16N4O5. The van der Waals surface area contributed by atoms with Crippen LogP contribution in [0, 0.1) is 17.0 Å². The lowest BCUT2D eigenvalue weighted by Gasteiger charge is -2.31. The molecular weight excluding hydrogens is 316 g/mol. The Labute approximate surface area is 137 Å². The van der Waals surface area contributed by atoms with Gasteiger partial charge < -0.3 is 14.1 Å². The van der Waals surface area contributed by atoms with Crippen molar-refractivity contribution < 1.29 is 18.9 Å². The Morgan fingerprint density at radius 3 is 2.88 bits per heavy atom. The van der Waals surface area contributed by atoms with E-state index in [1.807, 2.05) is 6.92 Å². The Kier molecular flexibility index (Phi) is 4.41. The van der Waals surface area contributed by atoms with E-state index in [9.17, 15) is 14.9 Å². The van der Waals surface area contributed by atoms with Crippen LogP contribution in [0.15, 0.2) is 28.7 Å². The summed E-state index contributed by atoms with van der Waals surface area (Å²) in [5.41, 5.74) is 0.794. The maximum absolute atomic E-state index is 12.4. The molecule has 1 saturated heterocycles. The minimum Gasteiger partial charge on any atom is -0.471 e. The van der Waals surface area contributed by atoms with Gasteiger partial charge in [-0.3, -0.25) is 14.9 Å². The number of amides is 1. The Morgan fingerprint density at radius 2 is 2.21 bits per heavy atom. The van der Waals surface area contributed by atoms with E-state index in [-0.39, 0.29) is 17.8 Å². The first-order valence-corrected chi connectivity index (χ1v) is 7.53. The number of aryl methyl sites for hydroxylation is 1. The first kappa shape index (κ1) is 15.9. The summed E-state index contributed by atoms with van der Waals surface area (Å²) >= 11 is 0. The fourth-order valence-electron chi connectivity index (χ4n) is 2.54. The summed E-state index contributed by atoms with van der Waals surface area (Å²) in [4.78, 5) is 23.9. The highest BCUT2D eigenvalue weighted by Crippen LogP contribution is 2.21. The number of nitro groups is 1. The van der Waals surface area contributed by atoms with E-state index in [0.717, 1.165) is 18.5 Å². The van der Waals surface area contributed by atoms with Crippen molar-refractivity contribution in [3.8, 4) is 5.88 Å². The number of aromatic nitrogens is 2. The molecule has 1 aliphatic heterocycles. The number of carbonyl (C=O) groups is 1. The zero-order valence-electron chi connectivity index (χ0n) is 13.0. The van der Waals surface area contributed by atoms with Crippen LogP contribution in [-0.4, -0.2) is 45.1 Å². The number of furan rings is 1. The van der Waals surface area contributed by atoms with E-state index in [1.165, 1.54) is 12.1 Å². The standard InChI is InChI=1S/C15H16N4O5/c1-10-4-6-13(17-16-10)23-11-3-2-8-18(9-11)15(20)12-5-7-14(24-12)19(21)22/h4-7,11H,2-3,8-9H2,1H3. The van der Waals surface area contributed by atoms with Gasteiger partial charge in [0.15, 0.2) is 5.76 Å². The van der Waals surface area contributed by atoms with Crippen LogP contribution in [0.3, 0.4) is 0 Å². The SMILES string of the molecule is Cc1ccc(OC2CCCN(C(=O)c3ccc([N+](=O)[O-])o3)C2)nn1. The van der Waals surface area contributed by atoms with Gasteiger partial charge in [0.25, 0.3) is 5.91 Å². The monoisotopic (exact) mass is 332 g/mol. The van der Waals surface area contributed by atoms with Gasteiger partial charge in [-0.25, -0.2) is 0 Å². The largest absolute Gasteiger partial charge is 0.471 e. The first-order valence-electron chi connectivity index (χ1n) is 7.53. The molecule has 1 aliphatic rings. The maximum atomic E-state index is 12.4. The van der Waals surface area contributed by atoms with Crippen molar-refractivity contribution in [2.24, 2.45) is 0 Å². The predicted molar refractivity (Wildman–Crippen MR) is 81.7 cm³/mol. The third-order valence-electron chi connectivity index (χ3n) is 3.71. The summed E-state index contributed by atoms with van der Waals surface area (Å²) in [6.07, 6.45) is 1.35. The Bertz CT molecular complexity index is 743. The molecule has 0 aliphatic carbocycles. The van der Waals surface area contributed by atoms with E-state index in [4.69, 9.17) is 9.15 Å². The van der Waals surface area contributed by atoms with Crippen LogP contribution in [0.1, 0.15) is 29.1 Å². The van der Waals surface area contributed by atoms with Gasteiger partial charge in [-0.05, 0) is 31.9 Å². The van der Waals surface area contributed by atoms with Gasteiger partial charge in [-0.1, -0.05) is 0 Å². The van der Waals surface area contributed by atoms with E-state index in [0.29, 0.717) is 19.0 Å². The van der Waals surface area contributed by atoms with E-state index < -0.39 is 10.8 Å². The lowest BCUT2D eigenvalue weighted by Crippen LogP contribution is -2.44. The molecule has 1 fully saturated rings. The lowest BCUT2D eigenvalue weighted by molar-refractivity contribution is -0.402. The van der Waals surface area contributed by atoms with E-state index in [2.05, 4.69) is 10.2 Å². The Morgan fingerprint density at radius 1 is 1.38 bits per heavy atom. The van der Waals surface area contributed by atoms with Crippen LogP contribution >= 0.6 is 0 Å². The zero-order chi connectivity index (χ0) is 17.1. The van der Waals surface area contributed by atoms with Gasteiger partial charge in [0.05, 0.1) is 18.3 Å². The molecule has 0 spiro atoms. The van der Waals surface area contributed by atoms with Crippen LogP contribution in [0.25, 0.3) is 0 Å². The zero-order valence-corrected chi connectivity index (χ0v) is 13.0. The van der Waals surface area contributed by atoms with Crippen LogP contribution in [0.5, 0.6) is 5.88 Å². The molecule has 0 bridgehead atoms. The fourth-order valence-corrected chi connectivity index (χ4v) is 2.54. The maximum Gasteiger partial charge on any atom is 0.433 e. The van der Waals surface area contributed by atoms with Crippen LogP contribution in [0.4, 0.5) is 5.88 Å². The Balaban J connectivity index is 1.64. The predicted octanol–water partition coefficient (Wildman–Crippen LogP) is 1.97. The average Bonchev–Trinajstić information content (AvgIpc) is 3.07. The fraction of sp³-hybridized carbons (Fsp3) is 0.400. The smallest absolute Gasteiger partial charge is 0.433 e. The van der Waals surface area contributed by atoms with Crippen molar-refractivity contribution >= 4 is 11.8 Å². The third-order valence-corrected chi connectivity index (χ3v) is 3.71. The topological polar surface area (TPSA) is 112 Å². The molecule has 9 heteroatoms. The van der Waals surface area contributed by atoms with Gasteiger partial charge in [-0.2, -0.15) is 5.10 Å². The van der Waals surface area contributed by atoms with Crippen molar-refractivity contribution in [1.82, 2.24) is 15.1 Å². The number of rotatable bonds is 4. The minimum absolute atomic E-state index is 0.0440. The molecule has 2 aromatic heterocycles. The average molecular weight is 332 g/mol. The number of carbonyl (C=O) groups excluding carboxylic acids is 1. The Hall–Kier alpha value is -2.97. The van der Waals surface area contributed by atoms with Gasteiger partial charge in [0, 0.05) is 12.6 Å². The summed E-state index contributed by atoms with van der Waals surface area (Å²) in [5.74, 6) is -0.463. The van der Waals surface area contributed by atoms with E-state index in [1.54, 1.807) is 17.0 Å². The first-order chi connectivity index (χ1) is 11.5. The molecule has 0 N–H and O–H groups in total. The molecule has 3 heterocycles. The molecule has 0 radical (unpaired) electrons. The van der Waals surface area contributed by atoms with Crippen molar-refractivity contribution in [2.45, 2.75) is 25.9 Å². The number of hydrogen-bond donors (Lipinski definition) is 0. The molecule has 0 aromatic carbocycles. The summed E-state index contributed by atoms with van der Waals surface area (Å²) in [5, 5.41) is 18.5. The van der Waals surface area contributed by atoms with E-state index >= 15 is 0 Å². The number of likely N-dealkylation sites (tertiary alicyclic amines) is 1. The van der Waals surface area contributed by atoms with Crippen LogP contribution in [0.2, 0.25) is 0 Å². The molecule has 9 nitrogen and oxygen atoms in total. The quantitative estimate of drug-likeness (QED) is 0.621. The number of ether oxygens (including phenoxy) is 1. The van der Waals surface area contributed by atoms with Crippen LogP contribution in [-0.2, 0) is 0 Å². The summed E-state index contributed by atoms with van der Waals surface area (Å²) in [6, 6.07) is 6.03. The summed E-state index contributed by atoms with van der Waals surface area (Å²) in [7, 11) is 0. The van der Waals surface area contributed by atoms with Crippen LogP contribution < -0.4 is 4.74 Å². The van der Waals surface area contributed by atoms with Crippen molar-refractivity contribution in [3.05, 3.63) is 45.8 Å². The van der Waals surface area contributed by atoms with Gasteiger partial charge in [0.1, 0.15) is 11.0 Å². The summed E-state index contributed by atoms with van der Waals surface area (Å²) in [6.45, 7) is 2.75. The van der Waals surface area contributed by atoms with Gasteiger partial charge >= 0.3 is 5.88 Å².